The molecular formula is C13H14N4S. The summed E-state index contributed by atoms with van der Waals surface area (Å²) in [5.41, 5.74) is 6.27. The van der Waals surface area contributed by atoms with Crippen molar-refractivity contribution in [3.05, 3.63) is 41.2 Å². The second-order valence-electron chi connectivity index (χ2n) is 4.29. The number of benzene rings is 1. The van der Waals surface area contributed by atoms with Crippen LogP contribution in [-0.4, -0.2) is 14.8 Å². The monoisotopic (exact) mass is 258 g/mol. The van der Waals surface area contributed by atoms with Crippen LogP contribution in [0.4, 0.5) is 5.69 Å². The van der Waals surface area contributed by atoms with Gasteiger partial charge in [0.2, 0.25) is 0 Å². The first-order chi connectivity index (χ1) is 8.72. The molecule has 0 aliphatic heterocycles. The molecule has 3 rings (SSSR count). The van der Waals surface area contributed by atoms with Crippen molar-refractivity contribution in [2.24, 2.45) is 7.05 Å². The molecule has 18 heavy (non-hydrogen) atoms. The van der Waals surface area contributed by atoms with Crippen molar-refractivity contribution in [1.82, 2.24) is 14.8 Å². The summed E-state index contributed by atoms with van der Waals surface area (Å²) in [4.78, 5) is 4.27. The molecule has 0 saturated carbocycles. The molecule has 0 aliphatic rings. The highest BCUT2D eigenvalue weighted by molar-refractivity contribution is 7.16. The number of aromatic nitrogens is 3. The van der Waals surface area contributed by atoms with Gasteiger partial charge in [0.1, 0.15) is 0 Å². The van der Waals surface area contributed by atoms with Gasteiger partial charge < -0.3 is 5.32 Å². The summed E-state index contributed by atoms with van der Waals surface area (Å²) in [6.07, 6.45) is 0. The molecule has 0 unspecified atom stereocenters. The zero-order valence-electron chi connectivity index (χ0n) is 10.3. The molecule has 0 bridgehead atoms. The summed E-state index contributed by atoms with van der Waals surface area (Å²) in [5.74, 6) is 0. The van der Waals surface area contributed by atoms with Crippen molar-refractivity contribution >= 4 is 27.2 Å². The molecule has 0 amide bonds. The van der Waals surface area contributed by atoms with Crippen LogP contribution < -0.4 is 5.32 Å². The van der Waals surface area contributed by atoms with Gasteiger partial charge in [-0.05, 0) is 31.2 Å². The lowest BCUT2D eigenvalue weighted by atomic mass is 10.3. The molecule has 0 spiro atoms. The standard InChI is InChI=1S/C13H14N4S/c1-9-5-11(17(2)16-9)7-14-10-3-4-12-13(6-10)18-8-15-12/h3-6,8,14H,7H2,1-2H3. The maximum atomic E-state index is 4.33. The summed E-state index contributed by atoms with van der Waals surface area (Å²) >= 11 is 1.66. The number of anilines is 1. The van der Waals surface area contributed by atoms with Crippen LogP contribution in [0.25, 0.3) is 10.2 Å². The molecule has 0 saturated heterocycles. The molecule has 1 N–H and O–H groups in total. The predicted molar refractivity (Wildman–Crippen MR) is 74.9 cm³/mol. The molecule has 0 fully saturated rings. The van der Waals surface area contributed by atoms with E-state index in [0.29, 0.717) is 0 Å². The Balaban J connectivity index is 1.78. The Morgan fingerprint density at radius 2 is 2.22 bits per heavy atom. The lowest BCUT2D eigenvalue weighted by Crippen LogP contribution is -2.05. The molecule has 2 aromatic heterocycles. The third-order valence-electron chi connectivity index (χ3n) is 2.90. The van der Waals surface area contributed by atoms with Gasteiger partial charge in [-0.25, -0.2) is 4.98 Å². The summed E-state index contributed by atoms with van der Waals surface area (Å²) in [5, 5.41) is 7.75. The van der Waals surface area contributed by atoms with Crippen molar-refractivity contribution in [2.75, 3.05) is 5.32 Å². The van der Waals surface area contributed by atoms with Gasteiger partial charge in [0.05, 0.1) is 33.7 Å². The predicted octanol–water partition coefficient (Wildman–Crippen LogP) is 2.95. The topological polar surface area (TPSA) is 42.7 Å². The summed E-state index contributed by atoms with van der Waals surface area (Å²) in [6, 6.07) is 8.34. The van der Waals surface area contributed by atoms with Crippen molar-refractivity contribution in [1.29, 1.82) is 0 Å². The highest BCUT2D eigenvalue weighted by Crippen LogP contribution is 2.22. The van der Waals surface area contributed by atoms with Gasteiger partial charge in [-0.1, -0.05) is 0 Å². The van der Waals surface area contributed by atoms with Gasteiger partial charge in [-0.2, -0.15) is 5.10 Å². The van der Waals surface area contributed by atoms with E-state index >= 15 is 0 Å². The van der Waals surface area contributed by atoms with E-state index < -0.39 is 0 Å². The lowest BCUT2D eigenvalue weighted by molar-refractivity contribution is 0.713. The third-order valence-corrected chi connectivity index (χ3v) is 3.70. The minimum atomic E-state index is 0.779. The fraction of sp³-hybridized carbons (Fsp3) is 0.231. The van der Waals surface area contributed by atoms with Crippen LogP contribution in [0.15, 0.2) is 29.8 Å². The molecule has 0 radical (unpaired) electrons. The first-order valence-corrected chi connectivity index (χ1v) is 6.67. The number of fused-ring (bicyclic) bond motifs is 1. The van der Waals surface area contributed by atoms with E-state index in [-0.39, 0.29) is 0 Å². The van der Waals surface area contributed by atoms with Crippen LogP contribution in [0.1, 0.15) is 11.4 Å². The highest BCUT2D eigenvalue weighted by Gasteiger charge is 2.02. The van der Waals surface area contributed by atoms with Gasteiger partial charge in [-0.15, -0.1) is 11.3 Å². The van der Waals surface area contributed by atoms with Gasteiger partial charge in [0.15, 0.2) is 0 Å². The number of thiazole rings is 1. The number of rotatable bonds is 3. The second-order valence-corrected chi connectivity index (χ2v) is 5.18. The van der Waals surface area contributed by atoms with E-state index in [1.807, 2.05) is 30.2 Å². The lowest BCUT2D eigenvalue weighted by Gasteiger charge is -2.06. The SMILES string of the molecule is Cc1cc(CNc2ccc3ncsc3c2)n(C)n1. The van der Waals surface area contributed by atoms with Crippen LogP contribution in [0, 0.1) is 6.92 Å². The molecule has 4 nitrogen and oxygen atoms in total. The Morgan fingerprint density at radius 1 is 1.33 bits per heavy atom. The number of nitrogens with one attached hydrogen (secondary N) is 1. The van der Waals surface area contributed by atoms with Crippen LogP contribution in [0.2, 0.25) is 0 Å². The summed E-state index contributed by atoms with van der Waals surface area (Å²) in [6.45, 7) is 2.79. The van der Waals surface area contributed by atoms with Gasteiger partial charge in [0, 0.05) is 12.7 Å². The van der Waals surface area contributed by atoms with E-state index in [4.69, 9.17) is 0 Å². The highest BCUT2D eigenvalue weighted by atomic mass is 32.1. The second kappa shape index (κ2) is 4.42. The fourth-order valence-corrected chi connectivity index (χ4v) is 2.70. The van der Waals surface area contributed by atoms with Crippen molar-refractivity contribution < 1.29 is 0 Å². The zero-order chi connectivity index (χ0) is 12.5. The molecule has 3 aromatic rings. The third kappa shape index (κ3) is 2.09. The largest absolute Gasteiger partial charge is 0.379 e. The first kappa shape index (κ1) is 11.2. The van der Waals surface area contributed by atoms with Crippen molar-refractivity contribution in [2.45, 2.75) is 13.5 Å². The quantitative estimate of drug-likeness (QED) is 0.785. The number of hydrogen-bond donors (Lipinski definition) is 1. The molecule has 92 valence electrons. The van der Waals surface area contributed by atoms with Crippen molar-refractivity contribution in [3.63, 3.8) is 0 Å². The van der Waals surface area contributed by atoms with Crippen LogP contribution in [0.3, 0.4) is 0 Å². The Bertz CT molecular complexity index is 683. The maximum absolute atomic E-state index is 4.33. The number of hydrogen-bond acceptors (Lipinski definition) is 4. The number of nitrogens with zero attached hydrogens (tertiary/aromatic N) is 3. The molecule has 1 aromatic carbocycles. The number of aryl methyl sites for hydroxylation is 2. The van der Waals surface area contributed by atoms with Crippen LogP contribution in [0.5, 0.6) is 0 Å². The molecule has 2 heterocycles. The molecule has 0 aliphatic carbocycles. The minimum absolute atomic E-state index is 0.779. The Labute approximate surface area is 109 Å². The fourth-order valence-electron chi connectivity index (χ4n) is 1.99. The van der Waals surface area contributed by atoms with E-state index in [1.54, 1.807) is 11.3 Å². The normalized spacial score (nSPS) is 11.0. The van der Waals surface area contributed by atoms with Gasteiger partial charge in [-0.3, -0.25) is 4.68 Å². The summed E-state index contributed by atoms with van der Waals surface area (Å²) in [7, 11) is 1.97. The first-order valence-electron chi connectivity index (χ1n) is 5.79. The Hall–Kier alpha value is -1.88. The average molecular weight is 258 g/mol. The van der Waals surface area contributed by atoms with E-state index in [1.165, 1.54) is 10.4 Å². The van der Waals surface area contributed by atoms with E-state index in [9.17, 15) is 0 Å². The van der Waals surface area contributed by atoms with Gasteiger partial charge in [0.25, 0.3) is 0 Å². The molecule has 5 heteroatoms. The minimum Gasteiger partial charge on any atom is -0.379 e. The summed E-state index contributed by atoms with van der Waals surface area (Å²) < 4.78 is 3.12. The van der Waals surface area contributed by atoms with Crippen LogP contribution >= 0.6 is 11.3 Å². The van der Waals surface area contributed by atoms with E-state index in [2.05, 4.69) is 33.6 Å². The van der Waals surface area contributed by atoms with Gasteiger partial charge >= 0.3 is 0 Å². The van der Waals surface area contributed by atoms with Crippen molar-refractivity contribution in [3.8, 4) is 0 Å². The Kier molecular flexibility index (Phi) is 2.76. The van der Waals surface area contributed by atoms with E-state index in [0.717, 1.165) is 23.4 Å². The smallest absolute Gasteiger partial charge is 0.0813 e. The zero-order valence-corrected chi connectivity index (χ0v) is 11.2. The average Bonchev–Trinajstić information content (AvgIpc) is 2.92. The Morgan fingerprint density at radius 3 is 3.00 bits per heavy atom. The molecular weight excluding hydrogens is 244 g/mol. The molecule has 0 atom stereocenters. The maximum Gasteiger partial charge on any atom is 0.0813 e. The van der Waals surface area contributed by atoms with Crippen LogP contribution in [-0.2, 0) is 13.6 Å².